The molecule has 0 radical (unpaired) electrons. The molecule has 1 aromatic rings. The lowest BCUT2D eigenvalue weighted by Gasteiger charge is -2.26. The summed E-state index contributed by atoms with van der Waals surface area (Å²) < 4.78 is 48.0. The van der Waals surface area contributed by atoms with Crippen LogP contribution in [0.2, 0.25) is 0 Å². The van der Waals surface area contributed by atoms with Crippen LogP contribution in [0.3, 0.4) is 0 Å². The zero-order valence-electron chi connectivity index (χ0n) is 10.1. The van der Waals surface area contributed by atoms with Crippen LogP contribution >= 0.6 is 0 Å². The minimum atomic E-state index is -4.36. The summed E-state index contributed by atoms with van der Waals surface area (Å²) >= 11 is 0. The third kappa shape index (κ3) is 3.19. The van der Waals surface area contributed by atoms with Crippen molar-refractivity contribution < 1.29 is 27.4 Å². The molecule has 2 rings (SSSR count). The molecule has 0 spiro atoms. The first-order valence-corrected chi connectivity index (χ1v) is 5.91. The van der Waals surface area contributed by atoms with Crippen molar-refractivity contribution in [3.63, 3.8) is 0 Å². The predicted octanol–water partition coefficient (Wildman–Crippen LogP) is 3.13. The highest BCUT2D eigenvalue weighted by Crippen LogP contribution is 2.39. The van der Waals surface area contributed by atoms with Crippen molar-refractivity contribution >= 4 is 6.47 Å². The second-order valence-corrected chi connectivity index (χ2v) is 4.34. The smallest absolute Gasteiger partial charge is 0.416 e. The van der Waals surface area contributed by atoms with Crippen molar-refractivity contribution in [3.05, 3.63) is 29.3 Å². The number of hydrogen-bond acceptors (Lipinski definition) is 3. The number of fused-ring (bicyclic) bond motifs is 1. The van der Waals surface area contributed by atoms with Gasteiger partial charge >= 0.3 is 6.18 Å². The molecule has 0 saturated carbocycles. The number of carbonyl (C=O) groups is 1. The second-order valence-electron chi connectivity index (χ2n) is 4.34. The Labute approximate surface area is 108 Å². The number of ether oxygens (including phenoxy) is 2. The monoisotopic (exact) mass is 274 g/mol. The molecule has 1 aliphatic heterocycles. The number of alkyl halides is 3. The quantitative estimate of drug-likeness (QED) is 0.625. The highest BCUT2D eigenvalue weighted by Gasteiger charge is 2.33. The highest BCUT2D eigenvalue weighted by molar-refractivity contribution is 5.42. The van der Waals surface area contributed by atoms with E-state index >= 15 is 0 Å². The van der Waals surface area contributed by atoms with E-state index in [0.717, 1.165) is 12.1 Å². The Hall–Kier alpha value is -1.72. The molecule has 104 valence electrons. The first kappa shape index (κ1) is 13.7. The molecule has 0 amide bonds. The molecule has 1 heterocycles. The fourth-order valence-corrected chi connectivity index (χ4v) is 2.20. The average molecular weight is 274 g/mol. The molecule has 0 bridgehead atoms. The number of halogens is 3. The van der Waals surface area contributed by atoms with Crippen molar-refractivity contribution in [2.24, 2.45) is 0 Å². The Balaban J connectivity index is 2.22. The van der Waals surface area contributed by atoms with E-state index in [-0.39, 0.29) is 12.5 Å². The SMILES string of the molecule is O=COCCC1CCOc2ccc(C(F)(F)F)cc21. The first-order chi connectivity index (χ1) is 9.02. The van der Waals surface area contributed by atoms with Crippen LogP contribution in [-0.4, -0.2) is 19.7 Å². The van der Waals surface area contributed by atoms with Crippen molar-refractivity contribution in [1.29, 1.82) is 0 Å². The van der Waals surface area contributed by atoms with E-state index < -0.39 is 11.7 Å². The number of hydrogen-bond donors (Lipinski definition) is 0. The Bertz CT molecular complexity index is 457. The standard InChI is InChI=1S/C13H13F3O3/c14-13(15,16)10-1-2-12-11(7-10)9(4-6-19-12)3-5-18-8-17/h1-2,7-9H,3-6H2. The molecule has 0 aliphatic carbocycles. The Morgan fingerprint density at radius 2 is 2.21 bits per heavy atom. The molecule has 0 fully saturated rings. The molecule has 1 unspecified atom stereocenters. The van der Waals surface area contributed by atoms with Crippen LogP contribution in [0.4, 0.5) is 13.2 Å². The van der Waals surface area contributed by atoms with Crippen LogP contribution in [0.25, 0.3) is 0 Å². The third-order valence-electron chi connectivity index (χ3n) is 3.15. The summed E-state index contributed by atoms with van der Waals surface area (Å²) in [6.45, 7) is 1.00. The molecular weight excluding hydrogens is 261 g/mol. The van der Waals surface area contributed by atoms with E-state index in [1.165, 1.54) is 6.07 Å². The van der Waals surface area contributed by atoms with Gasteiger partial charge in [-0.3, -0.25) is 4.79 Å². The predicted molar refractivity (Wildman–Crippen MR) is 60.9 cm³/mol. The molecule has 0 N–H and O–H groups in total. The van der Waals surface area contributed by atoms with Crippen molar-refractivity contribution in [3.8, 4) is 5.75 Å². The molecule has 0 saturated heterocycles. The van der Waals surface area contributed by atoms with Crippen molar-refractivity contribution in [2.45, 2.75) is 24.9 Å². The summed E-state index contributed by atoms with van der Waals surface area (Å²) in [6, 6.07) is 3.49. The van der Waals surface area contributed by atoms with E-state index in [2.05, 4.69) is 4.74 Å². The molecule has 19 heavy (non-hydrogen) atoms. The fraction of sp³-hybridized carbons (Fsp3) is 0.462. The summed E-state index contributed by atoms with van der Waals surface area (Å²) in [4.78, 5) is 10.1. The second kappa shape index (κ2) is 5.50. The molecule has 3 nitrogen and oxygen atoms in total. The Kier molecular flexibility index (Phi) is 3.97. The van der Waals surface area contributed by atoms with Gasteiger partial charge in [-0.1, -0.05) is 0 Å². The van der Waals surface area contributed by atoms with Crippen molar-refractivity contribution in [2.75, 3.05) is 13.2 Å². The normalized spacial score (nSPS) is 18.4. The van der Waals surface area contributed by atoms with Gasteiger partial charge in [0.2, 0.25) is 0 Å². The van der Waals surface area contributed by atoms with Gasteiger partial charge in [0.05, 0.1) is 18.8 Å². The van der Waals surface area contributed by atoms with Crippen LogP contribution < -0.4 is 4.74 Å². The minimum Gasteiger partial charge on any atom is -0.493 e. The van der Waals surface area contributed by atoms with Gasteiger partial charge in [-0.15, -0.1) is 0 Å². The van der Waals surface area contributed by atoms with Crippen LogP contribution in [0.15, 0.2) is 18.2 Å². The maximum atomic E-state index is 12.7. The summed E-state index contributed by atoms with van der Waals surface area (Å²) in [5, 5.41) is 0. The zero-order chi connectivity index (χ0) is 13.9. The minimum absolute atomic E-state index is 0.0778. The van der Waals surface area contributed by atoms with Gasteiger partial charge in [0, 0.05) is 0 Å². The van der Waals surface area contributed by atoms with Crippen LogP contribution in [-0.2, 0) is 15.7 Å². The summed E-state index contributed by atoms with van der Waals surface area (Å²) in [5.74, 6) is 0.404. The first-order valence-electron chi connectivity index (χ1n) is 5.91. The van der Waals surface area contributed by atoms with E-state index in [1.807, 2.05) is 0 Å². The zero-order valence-corrected chi connectivity index (χ0v) is 10.1. The van der Waals surface area contributed by atoms with Gasteiger partial charge in [-0.25, -0.2) is 0 Å². The van der Waals surface area contributed by atoms with Gasteiger partial charge in [0.15, 0.2) is 0 Å². The Morgan fingerprint density at radius 1 is 1.42 bits per heavy atom. The molecular formula is C13H13F3O3. The van der Waals surface area contributed by atoms with Gasteiger partial charge in [0.25, 0.3) is 6.47 Å². The van der Waals surface area contributed by atoms with Gasteiger partial charge < -0.3 is 9.47 Å². The summed E-state index contributed by atoms with van der Waals surface area (Å²) in [5.41, 5.74) is -0.145. The third-order valence-corrected chi connectivity index (χ3v) is 3.15. The molecule has 0 aromatic heterocycles. The number of rotatable bonds is 4. The Morgan fingerprint density at radius 3 is 2.89 bits per heavy atom. The van der Waals surface area contributed by atoms with E-state index in [1.54, 1.807) is 0 Å². The lowest BCUT2D eigenvalue weighted by molar-refractivity contribution is -0.137. The van der Waals surface area contributed by atoms with E-state index in [4.69, 9.17) is 4.74 Å². The molecule has 1 atom stereocenters. The van der Waals surface area contributed by atoms with E-state index in [9.17, 15) is 18.0 Å². The van der Waals surface area contributed by atoms with Crippen molar-refractivity contribution in [1.82, 2.24) is 0 Å². The maximum absolute atomic E-state index is 12.7. The largest absolute Gasteiger partial charge is 0.493 e. The molecule has 1 aromatic carbocycles. The highest BCUT2D eigenvalue weighted by atomic mass is 19.4. The van der Waals surface area contributed by atoms with E-state index in [0.29, 0.717) is 37.2 Å². The summed E-state index contributed by atoms with van der Waals surface area (Å²) in [7, 11) is 0. The van der Waals surface area contributed by atoms with Crippen LogP contribution in [0.5, 0.6) is 5.75 Å². The van der Waals surface area contributed by atoms with Crippen LogP contribution in [0, 0.1) is 0 Å². The fourth-order valence-electron chi connectivity index (χ4n) is 2.20. The maximum Gasteiger partial charge on any atom is 0.416 e. The topological polar surface area (TPSA) is 35.5 Å². The number of benzene rings is 1. The molecule has 6 heteroatoms. The average Bonchev–Trinajstić information content (AvgIpc) is 2.37. The number of carbonyl (C=O) groups excluding carboxylic acids is 1. The van der Waals surface area contributed by atoms with Gasteiger partial charge in [-0.05, 0) is 42.5 Å². The lowest BCUT2D eigenvalue weighted by atomic mass is 9.89. The summed E-state index contributed by atoms with van der Waals surface area (Å²) in [6.07, 6.45) is -3.25. The molecule has 1 aliphatic rings. The van der Waals surface area contributed by atoms with Gasteiger partial charge in [0.1, 0.15) is 5.75 Å². The van der Waals surface area contributed by atoms with Crippen LogP contribution in [0.1, 0.15) is 29.9 Å². The van der Waals surface area contributed by atoms with Gasteiger partial charge in [-0.2, -0.15) is 13.2 Å². The lowest BCUT2D eigenvalue weighted by Crippen LogP contribution is -2.17.